The summed E-state index contributed by atoms with van der Waals surface area (Å²) in [5.74, 6) is 0.547. The van der Waals surface area contributed by atoms with Gasteiger partial charge in [0.1, 0.15) is 0 Å². The molecule has 1 aliphatic heterocycles. The molecule has 138 valence electrons. The number of piperazine rings is 1. The molecule has 0 saturated carbocycles. The van der Waals surface area contributed by atoms with Crippen LogP contribution in [0.5, 0.6) is 0 Å². The average molecular weight is 372 g/mol. The fourth-order valence-electron chi connectivity index (χ4n) is 3.13. The van der Waals surface area contributed by atoms with Crippen LogP contribution < -0.4 is 10.2 Å². The number of nitrogens with zero attached hydrogens (tertiary/aromatic N) is 2. The number of benzene rings is 2. The van der Waals surface area contributed by atoms with E-state index in [1.807, 2.05) is 29.2 Å². The van der Waals surface area contributed by atoms with Crippen LogP contribution in [0.2, 0.25) is 5.02 Å². The van der Waals surface area contributed by atoms with Crippen LogP contribution >= 0.6 is 11.6 Å². The summed E-state index contributed by atoms with van der Waals surface area (Å²) < 4.78 is 0. The highest BCUT2D eigenvalue weighted by Crippen LogP contribution is 2.21. The van der Waals surface area contributed by atoms with Crippen LogP contribution in [0.4, 0.5) is 10.5 Å². The van der Waals surface area contributed by atoms with Crippen molar-refractivity contribution in [3.63, 3.8) is 0 Å². The lowest BCUT2D eigenvalue weighted by Crippen LogP contribution is -2.51. The van der Waals surface area contributed by atoms with Gasteiger partial charge in [0, 0.05) is 43.4 Å². The molecule has 1 N–H and O–H groups in total. The Morgan fingerprint density at radius 1 is 1.00 bits per heavy atom. The van der Waals surface area contributed by atoms with E-state index in [0.717, 1.165) is 31.7 Å². The zero-order valence-corrected chi connectivity index (χ0v) is 16.2. The second kappa shape index (κ2) is 8.45. The van der Waals surface area contributed by atoms with Crippen molar-refractivity contribution >= 4 is 23.3 Å². The van der Waals surface area contributed by atoms with Gasteiger partial charge in [-0.25, -0.2) is 4.79 Å². The fourth-order valence-corrected chi connectivity index (χ4v) is 3.26. The molecule has 3 rings (SSSR count). The van der Waals surface area contributed by atoms with Crippen LogP contribution in [-0.4, -0.2) is 37.1 Å². The van der Waals surface area contributed by atoms with Crippen LogP contribution in [0.3, 0.4) is 0 Å². The van der Waals surface area contributed by atoms with Gasteiger partial charge in [-0.2, -0.15) is 0 Å². The molecule has 2 amide bonds. The van der Waals surface area contributed by atoms with Crippen molar-refractivity contribution < 1.29 is 4.79 Å². The topological polar surface area (TPSA) is 35.6 Å². The lowest BCUT2D eigenvalue weighted by molar-refractivity contribution is 0.194. The number of rotatable bonds is 4. The molecule has 1 heterocycles. The summed E-state index contributed by atoms with van der Waals surface area (Å²) in [5.41, 5.74) is 3.64. The quantitative estimate of drug-likeness (QED) is 0.859. The van der Waals surface area contributed by atoms with Crippen LogP contribution in [0.25, 0.3) is 0 Å². The molecule has 0 bridgehead atoms. The molecule has 1 saturated heterocycles. The van der Waals surface area contributed by atoms with E-state index in [1.165, 1.54) is 11.3 Å². The number of hydrogen-bond acceptors (Lipinski definition) is 2. The molecule has 0 atom stereocenters. The molecule has 2 aromatic carbocycles. The van der Waals surface area contributed by atoms with Gasteiger partial charge in [0.05, 0.1) is 0 Å². The summed E-state index contributed by atoms with van der Waals surface area (Å²) in [5, 5.41) is 3.69. The predicted molar refractivity (Wildman–Crippen MR) is 108 cm³/mol. The molecule has 4 nitrogen and oxygen atoms in total. The van der Waals surface area contributed by atoms with E-state index in [-0.39, 0.29) is 6.03 Å². The lowest BCUT2D eigenvalue weighted by atomic mass is 10.0. The van der Waals surface area contributed by atoms with E-state index in [1.54, 1.807) is 0 Å². The molecule has 0 aromatic heterocycles. The Labute approximate surface area is 160 Å². The predicted octanol–water partition coefficient (Wildman–Crippen LogP) is 4.50. The molecular weight excluding hydrogens is 346 g/mol. The van der Waals surface area contributed by atoms with Crippen molar-refractivity contribution in [1.29, 1.82) is 0 Å². The minimum atomic E-state index is -0.00486. The van der Waals surface area contributed by atoms with Gasteiger partial charge in [-0.05, 0) is 41.3 Å². The van der Waals surface area contributed by atoms with Crippen LogP contribution in [-0.2, 0) is 6.54 Å². The molecule has 1 fully saturated rings. The number of nitrogens with one attached hydrogen (secondary N) is 1. The first kappa shape index (κ1) is 18.6. The zero-order chi connectivity index (χ0) is 18.5. The van der Waals surface area contributed by atoms with Gasteiger partial charge in [-0.1, -0.05) is 49.7 Å². The van der Waals surface area contributed by atoms with E-state index in [2.05, 4.69) is 48.3 Å². The summed E-state index contributed by atoms with van der Waals surface area (Å²) in [4.78, 5) is 16.6. The molecule has 0 unspecified atom stereocenters. The Balaban J connectivity index is 1.48. The first-order valence-corrected chi connectivity index (χ1v) is 9.53. The normalized spacial score (nSPS) is 14.6. The zero-order valence-electron chi connectivity index (χ0n) is 15.4. The summed E-state index contributed by atoms with van der Waals surface area (Å²) >= 11 is 5.88. The fraction of sp³-hybridized carbons (Fsp3) is 0.381. The van der Waals surface area contributed by atoms with Crippen molar-refractivity contribution in [2.45, 2.75) is 26.3 Å². The Hall–Kier alpha value is -2.20. The Morgan fingerprint density at radius 3 is 2.19 bits per heavy atom. The number of anilines is 1. The second-order valence-electron chi connectivity index (χ2n) is 7.01. The largest absolute Gasteiger partial charge is 0.368 e. The monoisotopic (exact) mass is 371 g/mol. The average Bonchev–Trinajstić information content (AvgIpc) is 2.67. The molecule has 2 aromatic rings. The number of hydrogen-bond donors (Lipinski definition) is 1. The molecule has 1 aliphatic rings. The maximum Gasteiger partial charge on any atom is 0.317 e. The maximum absolute atomic E-state index is 12.4. The van der Waals surface area contributed by atoms with E-state index < -0.39 is 0 Å². The van der Waals surface area contributed by atoms with Crippen molar-refractivity contribution in [2.75, 3.05) is 31.1 Å². The Morgan fingerprint density at radius 2 is 1.62 bits per heavy atom. The SMILES string of the molecule is CC(C)c1ccc(N2CCN(C(=O)NCc3ccc(Cl)cc3)CC2)cc1. The third-order valence-corrected chi connectivity index (χ3v) is 5.10. The van der Waals surface area contributed by atoms with Crippen LogP contribution in [0.1, 0.15) is 30.9 Å². The summed E-state index contributed by atoms with van der Waals surface area (Å²) in [6, 6.07) is 16.3. The molecule has 0 radical (unpaired) electrons. The molecule has 0 spiro atoms. The van der Waals surface area contributed by atoms with Crippen molar-refractivity contribution in [1.82, 2.24) is 10.2 Å². The highest BCUT2D eigenvalue weighted by Gasteiger charge is 2.21. The molecule has 5 heteroatoms. The van der Waals surface area contributed by atoms with E-state index in [0.29, 0.717) is 17.5 Å². The second-order valence-corrected chi connectivity index (χ2v) is 7.44. The van der Waals surface area contributed by atoms with Crippen molar-refractivity contribution in [2.24, 2.45) is 0 Å². The van der Waals surface area contributed by atoms with Crippen molar-refractivity contribution in [3.8, 4) is 0 Å². The van der Waals surface area contributed by atoms with Gasteiger partial charge < -0.3 is 15.1 Å². The third kappa shape index (κ3) is 4.70. The Kier molecular flexibility index (Phi) is 6.04. The first-order chi connectivity index (χ1) is 12.5. The lowest BCUT2D eigenvalue weighted by Gasteiger charge is -2.36. The summed E-state index contributed by atoms with van der Waals surface area (Å²) in [6.07, 6.45) is 0. The number of carbonyl (C=O) groups excluding carboxylic acids is 1. The van der Waals surface area contributed by atoms with Crippen molar-refractivity contribution in [3.05, 3.63) is 64.7 Å². The van der Waals surface area contributed by atoms with E-state index in [4.69, 9.17) is 11.6 Å². The Bertz CT molecular complexity index is 720. The number of amides is 2. The van der Waals surface area contributed by atoms with Gasteiger partial charge in [0.2, 0.25) is 0 Å². The van der Waals surface area contributed by atoms with Gasteiger partial charge >= 0.3 is 6.03 Å². The minimum absolute atomic E-state index is 0.00486. The highest BCUT2D eigenvalue weighted by molar-refractivity contribution is 6.30. The van der Waals surface area contributed by atoms with Gasteiger partial charge in [0.25, 0.3) is 0 Å². The van der Waals surface area contributed by atoms with Gasteiger partial charge in [-0.15, -0.1) is 0 Å². The number of carbonyl (C=O) groups is 1. The maximum atomic E-state index is 12.4. The van der Waals surface area contributed by atoms with E-state index in [9.17, 15) is 4.79 Å². The highest BCUT2D eigenvalue weighted by atomic mass is 35.5. The molecule has 0 aliphatic carbocycles. The molecular formula is C21H26ClN3O. The first-order valence-electron chi connectivity index (χ1n) is 9.15. The number of halogens is 1. The smallest absolute Gasteiger partial charge is 0.317 e. The summed E-state index contributed by atoms with van der Waals surface area (Å²) in [6.45, 7) is 8.11. The van der Waals surface area contributed by atoms with Crippen LogP contribution in [0, 0.1) is 0 Å². The van der Waals surface area contributed by atoms with Gasteiger partial charge in [-0.3, -0.25) is 0 Å². The van der Waals surface area contributed by atoms with Gasteiger partial charge in [0.15, 0.2) is 0 Å². The van der Waals surface area contributed by atoms with E-state index >= 15 is 0 Å². The van der Waals surface area contributed by atoms with Crippen LogP contribution in [0.15, 0.2) is 48.5 Å². The molecule has 26 heavy (non-hydrogen) atoms. The third-order valence-electron chi connectivity index (χ3n) is 4.85. The summed E-state index contributed by atoms with van der Waals surface area (Å²) in [7, 11) is 0. The standard InChI is InChI=1S/C21H26ClN3O/c1-16(2)18-5-9-20(10-6-18)24-11-13-25(14-12-24)21(26)23-15-17-3-7-19(22)8-4-17/h3-10,16H,11-15H2,1-2H3,(H,23,26). The minimum Gasteiger partial charge on any atom is -0.368 e. The number of urea groups is 1.